The van der Waals surface area contributed by atoms with Crippen LogP contribution in [0.5, 0.6) is 0 Å². The molecule has 0 amide bonds. The number of aromatic nitrogens is 2. The van der Waals surface area contributed by atoms with Gasteiger partial charge in [-0.2, -0.15) is 0 Å². The van der Waals surface area contributed by atoms with Gasteiger partial charge in [-0.1, -0.05) is 12.1 Å². The number of hydrogen-bond acceptors (Lipinski definition) is 4. The van der Waals surface area contributed by atoms with Crippen LogP contribution < -0.4 is 11.3 Å². The molecule has 4 heteroatoms. The Morgan fingerprint density at radius 2 is 2.18 bits per heavy atom. The highest BCUT2D eigenvalue weighted by atomic mass is 15.2. The summed E-state index contributed by atoms with van der Waals surface area (Å²) in [5.41, 5.74) is 5.89. The summed E-state index contributed by atoms with van der Waals surface area (Å²) in [6, 6.07) is 9.92. The van der Waals surface area contributed by atoms with Crippen molar-refractivity contribution in [3.05, 3.63) is 59.7 Å². The van der Waals surface area contributed by atoms with Crippen molar-refractivity contribution in [1.82, 2.24) is 15.4 Å². The van der Waals surface area contributed by atoms with E-state index in [9.17, 15) is 0 Å². The van der Waals surface area contributed by atoms with Gasteiger partial charge in [0.2, 0.25) is 0 Å². The largest absolute Gasteiger partial charge is 0.271 e. The third-order valence-corrected chi connectivity index (χ3v) is 2.63. The van der Waals surface area contributed by atoms with Gasteiger partial charge in [0.15, 0.2) is 0 Å². The zero-order valence-electron chi connectivity index (χ0n) is 9.80. The van der Waals surface area contributed by atoms with Crippen molar-refractivity contribution in [2.24, 2.45) is 5.84 Å². The average Bonchev–Trinajstić information content (AvgIpc) is 2.37. The molecular weight excluding hydrogens is 212 g/mol. The van der Waals surface area contributed by atoms with Crippen molar-refractivity contribution in [2.45, 2.75) is 19.4 Å². The highest BCUT2D eigenvalue weighted by molar-refractivity contribution is 5.18. The van der Waals surface area contributed by atoms with Gasteiger partial charge in [-0.05, 0) is 37.1 Å². The minimum Gasteiger partial charge on any atom is -0.271 e. The second kappa shape index (κ2) is 5.52. The zero-order chi connectivity index (χ0) is 12.1. The molecule has 0 saturated carbocycles. The number of nitrogens with two attached hydrogens (primary N) is 1. The van der Waals surface area contributed by atoms with Crippen LogP contribution in [0, 0.1) is 6.92 Å². The molecule has 0 aliphatic carbocycles. The molecule has 2 aromatic heterocycles. The van der Waals surface area contributed by atoms with Gasteiger partial charge in [0.05, 0.1) is 11.7 Å². The van der Waals surface area contributed by atoms with E-state index in [-0.39, 0.29) is 6.04 Å². The van der Waals surface area contributed by atoms with Crippen LogP contribution in [-0.2, 0) is 6.42 Å². The zero-order valence-corrected chi connectivity index (χ0v) is 9.80. The Labute approximate surface area is 101 Å². The highest BCUT2D eigenvalue weighted by Crippen LogP contribution is 2.15. The number of nitrogens with zero attached hydrogens (tertiary/aromatic N) is 2. The molecule has 0 aromatic carbocycles. The normalized spacial score (nSPS) is 12.4. The second-order valence-electron chi connectivity index (χ2n) is 3.99. The van der Waals surface area contributed by atoms with Gasteiger partial charge in [-0.25, -0.2) is 0 Å². The molecule has 0 aliphatic heterocycles. The summed E-state index contributed by atoms with van der Waals surface area (Å²) in [7, 11) is 0. The van der Waals surface area contributed by atoms with Crippen LogP contribution in [0.2, 0.25) is 0 Å². The van der Waals surface area contributed by atoms with Gasteiger partial charge < -0.3 is 0 Å². The topological polar surface area (TPSA) is 63.8 Å². The van der Waals surface area contributed by atoms with E-state index in [2.05, 4.69) is 15.4 Å². The maximum Gasteiger partial charge on any atom is 0.0673 e. The molecule has 2 aromatic rings. The Morgan fingerprint density at radius 1 is 1.29 bits per heavy atom. The lowest BCUT2D eigenvalue weighted by Gasteiger charge is -2.15. The number of rotatable bonds is 4. The van der Waals surface area contributed by atoms with Crippen LogP contribution in [0.4, 0.5) is 0 Å². The third kappa shape index (κ3) is 3.09. The quantitative estimate of drug-likeness (QED) is 0.615. The lowest BCUT2D eigenvalue weighted by Crippen LogP contribution is -2.30. The minimum atomic E-state index is 0.0131. The fourth-order valence-electron chi connectivity index (χ4n) is 1.76. The first-order valence-corrected chi connectivity index (χ1v) is 5.58. The second-order valence-corrected chi connectivity index (χ2v) is 3.99. The Bertz CT molecular complexity index is 470. The lowest BCUT2D eigenvalue weighted by molar-refractivity contribution is 0.536. The summed E-state index contributed by atoms with van der Waals surface area (Å²) < 4.78 is 0. The molecular formula is C13H16N4. The minimum absolute atomic E-state index is 0.0131. The first kappa shape index (κ1) is 11.7. The van der Waals surface area contributed by atoms with E-state index in [1.54, 1.807) is 6.20 Å². The average molecular weight is 228 g/mol. The Morgan fingerprint density at radius 3 is 2.82 bits per heavy atom. The molecule has 88 valence electrons. The van der Waals surface area contributed by atoms with Crippen LogP contribution in [-0.4, -0.2) is 9.97 Å². The van der Waals surface area contributed by atoms with Crippen LogP contribution >= 0.6 is 0 Å². The Hall–Kier alpha value is -1.78. The first-order chi connectivity index (χ1) is 8.29. The van der Waals surface area contributed by atoms with Gasteiger partial charge >= 0.3 is 0 Å². The summed E-state index contributed by atoms with van der Waals surface area (Å²) >= 11 is 0. The van der Waals surface area contributed by atoms with E-state index >= 15 is 0 Å². The molecule has 0 radical (unpaired) electrons. The van der Waals surface area contributed by atoms with E-state index < -0.39 is 0 Å². The molecule has 0 bridgehead atoms. The number of hydrazine groups is 1. The van der Waals surface area contributed by atoms with Crippen molar-refractivity contribution >= 4 is 0 Å². The van der Waals surface area contributed by atoms with Crippen molar-refractivity contribution in [3.63, 3.8) is 0 Å². The molecule has 1 atom stereocenters. The highest BCUT2D eigenvalue weighted by Gasteiger charge is 2.11. The van der Waals surface area contributed by atoms with Crippen LogP contribution in [0.3, 0.4) is 0 Å². The molecule has 0 fully saturated rings. The van der Waals surface area contributed by atoms with Gasteiger partial charge in [0, 0.05) is 18.1 Å². The van der Waals surface area contributed by atoms with Crippen LogP contribution in [0.25, 0.3) is 0 Å². The fourth-order valence-corrected chi connectivity index (χ4v) is 1.76. The Kier molecular flexibility index (Phi) is 3.80. The summed E-state index contributed by atoms with van der Waals surface area (Å²) in [5.74, 6) is 5.59. The molecule has 0 aliphatic rings. The van der Waals surface area contributed by atoms with Crippen molar-refractivity contribution in [3.8, 4) is 0 Å². The van der Waals surface area contributed by atoms with E-state index in [0.717, 1.165) is 23.4 Å². The molecule has 0 saturated heterocycles. The van der Waals surface area contributed by atoms with Gasteiger partial charge in [-0.15, -0.1) is 0 Å². The summed E-state index contributed by atoms with van der Waals surface area (Å²) in [6.45, 7) is 1.97. The molecule has 17 heavy (non-hydrogen) atoms. The molecule has 1 unspecified atom stereocenters. The predicted octanol–water partition coefficient (Wildman–Crippen LogP) is 1.53. The number of hydrogen-bond donors (Lipinski definition) is 2. The smallest absolute Gasteiger partial charge is 0.0673 e. The molecule has 2 heterocycles. The van der Waals surface area contributed by atoms with E-state index in [1.165, 1.54) is 0 Å². The lowest BCUT2D eigenvalue weighted by atomic mass is 10.0. The van der Waals surface area contributed by atoms with Crippen molar-refractivity contribution in [1.29, 1.82) is 0 Å². The number of nitrogens with one attached hydrogen (secondary N) is 1. The summed E-state index contributed by atoms with van der Waals surface area (Å²) in [6.07, 6.45) is 4.39. The SMILES string of the molecule is Cc1cccc(C(Cc2cccnc2)NN)n1. The summed E-state index contributed by atoms with van der Waals surface area (Å²) in [5, 5.41) is 0. The van der Waals surface area contributed by atoms with Gasteiger partial charge in [0.25, 0.3) is 0 Å². The van der Waals surface area contributed by atoms with Crippen LogP contribution in [0.1, 0.15) is 23.0 Å². The summed E-state index contributed by atoms with van der Waals surface area (Å²) in [4.78, 5) is 8.57. The van der Waals surface area contributed by atoms with Gasteiger partial charge in [-0.3, -0.25) is 21.2 Å². The predicted molar refractivity (Wildman–Crippen MR) is 67.0 cm³/mol. The van der Waals surface area contributed by atoms with Crippen LogP contribution in [0.15, 0.2) is 42.7 Å². The first-order valence-electron chi connectivity index (χ1n) is 5.58. The van der Waals surface area contributed by atoms with Crippen molar-refractivity contribution in [2.75, 3.05) is 0 Å². The fraction of sp³-hybridized carbons (Fsp3) is 0.231. The molecule has 3 N–H and O–H groups in total. The standard InChI is InChI=1S/C13H16N4/c1-10-4-2-6-12(16-10)13(17-14)8-11-5-3-7-15-9-11/h2-7,9,13,17H,8,14H2,1H3. The molecule has 2 rings (SSSR count). The third-order valence-electron chi connectivity index (χ3n) is 2.63. The molecule has 0 spiro atoms. The Balaban J connectivity index is 2.17. The maximum absolute atomic E-state index is 5.59. The van der Waals surface area contributed by atoms with E-state index in [4.69, 9.17) is 5.84 Å². The number of pyridine rings is 2. The van der Waals surface area contributed by atoms with Gasteiger partial charge in [0.1, 0.15) is 0 Å². The van der Waals surface area contributed by atoms with E-state index in [1.807, 2.05) is 43.5 Å². The molecule has 4 nitrogen and oxygen atoms in total. The van der Waals surface area contributed by atoms with Crippen molar-refractivity contribution < 1.29 is 0 Å². The maximum atomic E-state index is 5.59. The number of aryl methyl sites for hydroxylation is 1. The van der Waals surface area contributed by atoms with E-state index in [0.29, 0.717) is 0 Å². The monoisotopic (exact) mass is 228 g/mol.